The maximum absolute atomic E-state index is 15.2. The Hall–Kier alpha value is -1.41. The minimum absolute atomic E-state index is 0.0644. The van der Waals surface area contributed by atoms with Crippen LogP contribution in [0.1, 0.15) is 61.3 Å². The first-order chi connectivity index (χ1) is 13.5. The van der Waals surface area contributed by atoms with Crippen molar-refractivity contribution in [3.8, 4) is 0 Å². The van der Waals surface area contributed by atoms with Gasteiger partial charge in [0, 0.05) is 13.0 Å². The van der Waals surface area contributed by atoms with Crippen LogP contribution in [-0.2, 0) is 18.7 Å². The van der Waals surface area contributed by atoms with E-state index in [4.69, 9.17) is 13.9 Å². The third kappa shape index (κ3) is 6.06. The molecule has 1 aliphatic heterocycles. The zero-order valence-electron chi connectivity index (χ0n) is 20.2. The van der Waals surface area contributed by atoms with Gasteiger partial charge in [0.2, 0.25) is 0 Å². The molecule has 0 aliphatic carbocycles. The minimum atomic E-state index is -2.16. The fraction of sp³-hybridized carbons (Fsp3) is 0.818. The Bertz CT molecular complexity index is 653. The number of halogens is 1. The zero-order chi connectivity index (χ0) is 23.5. The van der Waals surface area contributed by atoms with Crippen LogP contribution in [-0.4, -0.2) is 62.4 Å². The van der Waals surface area contributed by atoms with E-state index in [0.29, 0.717) is 12.0 Å². The first-order valence-corrected chi connectivity index (χ1v) is 13.5. The van der Waals surface area contributed by atoms with Gasteiger partial charge in [-0.25, -0.2) is 14.0 Å². The molecule has 1 aliphatic rings. The van der Waals surface area contributed by atoms with Crippen LogP contribution in [0.25, 0.3) is 0 Å². The number of ether oxygens (including phenoxy) is 2. The highest BCUT2D eigenvalue weighted by Gasteiger charge is 2.56. The molecule has 1 rings (SSSR count). The largest absolute Gasteiger partial charge is 0.464 e. The van der Waals surface area contributed by atoms with Gasteiger partial charge in [-0.05, 0) is 57.8 Å². The number of hydrogen-bond donors (Lipinski definition) is 0. The Balaban J connectivity index is 3.16. The van der Waals surface area contributed by atoms with Crippen molar-refractivity contribution in [3.63, 3.8) is 0 Å². The smallest absolute Gasteiger partial charge is 0.411 e. The van der Waals surface area contributed by atoms with Crippen LogP contribution in [0.4, 0.5) is 9.18 Å². The second kappa shape index (κ2) is 9.38. The Morgan fingerprint density at radius 3 is 2.27 bits per heavy atom. The molecule has 2 atom stereocenters. The lowest BCUT2D eigenvalue weighted by Gasteiger charge is -2.39. The van der Waals surface area contributed by atoms with Gasteiger partial charge in [0.1, 0.15) is 11.8 Å². The number of likely N-dealkylation sites (tertiary alicyclic amines) is 1. The average molecular weight is 446 g/mol. The number of amides is 1. The van der Waals surface area contributed by atoms with Crippen LogP contribution in [0.3, 0.4) is 0 Å². The fourth-order valence-electron chi connectivity index (χ4n) is 3.14. The summed E-state index contributed by atoms with van der Waals surface area (Å²) in [6, 6.07) is 0. The van der Waals surface area contributed by atoms with E-state index in [1.165, 1.54) is 4.90 Å². The summed E-state index contributed by atoms with van der Waals surface area (Å²) in [5.74, 6) is -0.673. The van der Waals surface area contributed by atoms with Gasteiger partial charge in [0.15, 0.2) is 13.9 Å². The molecule has 0 radical (unpaired) electrons. The Labute approximate surface area is 182 Å². The number of hydrogen-bond acceptors (Lipinski definition) is 5. The Morgan fingerprint density at radius 2 is 1.80 bits per heavy atom. The number of alkyl halides is 1. The molecule has 6 nitrogen and oxygen atoms in total. The lowest BCUT2D eigenvalue weighted by atomic mass is 9.86. The summed E-state index contributed by atoms with van der Waals surface area (Å²) in [5, 5.41) is -0.0644. The van der Waals surface area contributed by atoms with E-state index < -0.39 is 37.7 Å². The lowest BCUT2D eigenvalue weighted by molar-refractivity contribution is -0.155. The van der Waals surface area contributed by atoms with Gasteiger partial charge in [-0.1, -0.05) is 27.4 Å². The van der Waals surface area contributed by atoms with Gasteiger partial charge < -0.3 is 13.9 Å². The van der Waals surface area contributed by atoms with Crippen molar-refractivity contribution in [3.05, 3.63) is 12.2 Å². The van der Waals surface area contributed by atoms with E-state index in [2.05, 4.69) is 27.4 Å². The predicted octanol–water partition coefficient (Wildman–Crippen LogP) is 5.24. The van der Waals surface area contributed by atoms with E-state index in [0.717, 1.165) is 0 Å². The average Bonchev–Trinajstić information content (AvgIpc) is 2.88. The maximum Gasteiger partial charge on any atom is 0.411 e. The molecule has 1 heterocycles. The molecule has 1 amide bonds. The van der Waals surface area contributed by atoms with Gasteiger partial charge in [-0.3, -0.25) is 4.90 Å². The van der Waals surface area contributed by atoms with Crippen LogP contribution < -0.4 is 0 Å². The molecule has 0 N–H and O–H groups in total. The summed E-state index contributed by atoms with van der Waals surface area (Å²) in [5.41, 5.74) is -1.88. The first-order valence-electron chi connectivity index (χ1n) is 10.6. The van der Waals surface area contributed by atoms with Crippen LogP contribution in [0.5, 0.6) is 0 Å². The molecule has 1 saturated heterocycles. The topological polar surface area (TPSA) is 65.1 Å². The van der Waals surface area contributed by atoms with Gasteiger partial charge in [-0.15, -0.1) is 0 Å². The second-order valence-electron chi connectivity index (χ2n) is 10.4. The highest BCUT2D eigenvalue weighted by Crippen LogP contribution is 2.41. The standard InChI is InChI=1S/C22H40FNO5Si/c1-11-27-18(25)22(14-17(23)15-28-30(9,10)21(6,7)8)16(2)12-13-24(22)19(26)29-20(3,4)5/h17H,2,11-15H2,1,3-10H3/t17-,22-/m1/s1. The van der Waals surface area contributed by atoms with Crippen LogP contribution in [0.2, 0.25) is 18.1 Å². The minimum Gasteiger partial charge on any atom is -0.464 e. The summed E-state index contributed by atoms with van der Waals surface area (Å²) in [6.07, 6.45) is -2.03. The summed E-state index contributed by atoms with van der Waals surface area (Å²) in [7, 11) is -2.16. The number of carbonyl (C=O) groups is 2. The maximum atomic E-state index is 15.2. The molecule has 0 bridgehead atoms. The zero-order valence-corrected chi connectivity index (χ0v) is 21.2. The molecule has 8 heteroatoms. The quantitative estimate of drug-likeness (QED) is 0.305. The molecule has 0 unspecified atom stereocenters. The van der Waals surface area contributed by atoms with Crippen LogP contribution in [0.15, 0.2) is 12.2 Å². The van der Waals surface area contributed by atoms with Gasteiger partial charge in [0.25, 0.3) is 0 Å². The third-order valence-electron chi connectivity index (χ3n) is 5.86. The summed E-state index contributed by atoms with van der Waals surface area (Å²) in [6.45, 7) is 21.4. The summed E-state index contributed by atoms with van der Waals surface area (Å²) in [4.78, 5) is 27.2. The number of esters is 1. The van der Waals surface area contributed by atoms with Crippen molar-refractivity contribution < 1.29 is 27.9 Å². The molecule has 174 valence electrons. The van der Waals surface area contributed by atoms with Crippen molar-refractivity contribution in [2.45, 2.75) is 96.8 Å². The van der Waals surface area contributed by atoms with Gasteiger partial charge in [-0.2, -0.15) is 0 Å². The SMILES string of the molecule is C=C1CCN(C(=O)OC(C)(C)C)[C@@]1(C[C@@H](F)CO[Si](C)(C)C(C)(C)C)C(=O)OCC. The molecule has 1 fully saturated rings. The lowest BCUT2D eigenvalue weighted by Crippen LogP contribution is -2.57. The molecule has 0 aromatic rings. The highest BCUT2D eigenvalue weighted by molar-refractivity contribution is 6.74. The summed E-state index contributed by atoms with van der Waals surface area (Å²) < 4.78 is 32.0. The molecular weight excluding hydrogens is 405 g/mol. The molecule has 0 aromatic carbocycles. The van der Waals surface area contributed by atoms with E-state index in [-0.39, 0.29) is 31.2 Å². The van der Waals surface area contributed by atoms with Gasteiger partial charge >= 0.3 is 12.1 Å². The van der Waals surface area contributed by atoms with Gasteiger partial charge in [0.05, 0.1) is 13.2 Å². The van der Waals surface area contributed by atoms with Crippen molar-refractivity contribution in [1.29, 1.82) is 0 Å². The van der Waals surface area contributed by atoms with E-state index in [1.54, 1.807) is 27.7 Å². The molecule has 0 aromatic heterocycles. The number of nitrogens with zero attached hydrogens (tertiary/aromatic N) is 1. The van der Waals surface area contributed by atoms with Crippen molar-refractivity contribution in [1.82, 2.24) is 4.90 Å². The summed E-state index contributed by atoms with van der Waals surface area (Å²) >= 11 is 0. The Kier molecular flexibility index (Phi) is 8.33. The second-order valence-corrected chi connectivity index (χ2v) is 15.2. The van der Waals surface area contributed by atoms with Crippen LogP contribution >= 0.6 is 0 Å². The van der Waals surface area contributed by atoms with Crippen molar-refractivity contribution >= 4 is 20.4 Å². The molecule has 0 spiro atoms. The normalized spacial score (nSPS) is 21.5. The first kappa shape index (κ1) is 26.6. The monoisotopic (exact) mass is 445 g/mol. The number of rotatable bonds is 7. The Morgan fingerprint density at radius 1 is 1.23 bits per heavy atom. The van der Waals surface area contributed by atoms with Crippen molar-refractivity contribution in [2.24, 2.45) is 0 Å². The van der Waals surface area contributed by atoms with Crippen molar-refractivity contribution in [2.75, 3.05) is 19.8 Å². The van der Waals surface area contributed by atoms with E-state index >= 15 is 4.39 Å². The van der Waals surface area contributed by atoms with Crippen LogP contribution in [0, 0.1) is 0 Å². The third-order valence-corrected chi connectivity index (χ3v) is 10.4. The molecular formula is C22H40FNO5Si. The van der Waals surface area contributed by atoms with E-state index in [9.17, 15) is 9.59 Å². The molecule has 0 saturated carbocycles. The predicted molar refractivity (Wildman–Crippen MR) is 119 cm³/mol. The fourth-order valence-corrected chi connectivity index (χ4v) is 4.17. The van der Waals surface area contributed by atoms with E-state index in [1.807, 2.05) is 13.1 Å². The number of carbonyl (C=O) groups excluding carboxylic acids is 2. The highest BCUT2D eigenvalue weighted by atomic mass is 28.4. The molecule has 30 heavy (non-hydrogen) atoms.